The number of pyridine rings is 1. The zero-order valence-electron chi connectivity index (χ0n) is 22.0. The molecule has 3 heterocycles. The number of benzene rings is 1. The summed E-state index contributed by atoms with van der Waals surface area (Å²) in [4.78, 5) is 30.0. The van der Waals surface area contributed by atoms with E-state index in [0.29, 0.717) is 32.2 Å². The van der Waals surface area contributed by atoms with Crippen molar-refractivity contribution in [3.05, 3.63) is 36.5 Å². The van der Waals surface area contributed by atoms with Gasteiger partial charge in [-0.05, 0) is 69.0 Å². The molecule has 1 aliphatic heterocycles. The summed E-state index contributed by atoms with van der Waals surface area (Å²) in [6.45, 7) is 8.28. The van der Waals surface area contributed by atoms with E-state index in [4.69, 9.17) is 10.5 Å². The van der Waals surface area contributed by atoms with Crippen molar-refractivity contribution < 1.29 is 9.53 Å². The number of fused-ring (bicyclic) bond motifs is 1. The van der Waals surface area contributed by atoms with Gasteiger partial charge in [-0.3, -0.25) is 0 Å². The van der Waals surface area contributed by atoms with E-state index in [2.05, 4.69) is 43.4 Å². The van der Waals surface area contributed by atoms with Gasteiger partial charge in [0, 0.05) is 43.8 Å². The predicted molar refractivity (Wildman–Crippen MR) is 148 cm³/mol. The first kappa shape index (κ1) is 25.0. The summed E-state index contributed by atoms with van der Waals surface area (Å²) in [6, 6.07) is 10.8. The average molecular weight is 504 g/mol. The molecular formula is C28H37N7O2. The summed E-state index contributed by atoms with van der Waals surface area (Å²) >= 11 is 0. The molecule has 9 heteroatoms. The third-order valence-corrected chi connectivity index (χ3v) is 6.99. The largest absolute Gasteiger partial charge is 0.444 e. The van der Waals surface area contributed by atoms with Crippen LogP contribution in [0, 0.1) is 0 Å². The number of nitrogens with zero attached hydrogens (tertiary/aromatic N) is 5. The number of aromatic nitrogens is 3. The van der Waals surface area contributed by atoms with Crippen LogP contribution in [0.15, 0.2) is 36.5 Å². The molecule has 1 saturated carbocycles. The molecular weight excluding hydrogens is 466 g/mol. The normalized spacial score (nSPS) is 17.2. The molecule has 0 spiro atoms. The Morgan fingerprint density at radius 3 is 2.46 bits per heavy atom. The highest BCUT2D eigenvalue weighted by Gasteiger charge is 2.26. The zero-order chi connectivity index (χ0) is 26.0. The van der Waals surface area contributed by atoms with Gasteiger partial charge in [0.1, 0.15) is 17.2 Å². The highest BCUT2D eigenvalue weighted by Crippen LogP contribution is 2.31. The van der Waals surface area contributed by atoms with Gasteiger partial charge in [-0.25, -0.2) is 14.8 Å². The number of nitrogens with one attached hydrogen (secondary N) is 1. The van der Waals surface area contributed by atoms with Crippen LogP contribution in [-0.4, -0.2) is 63.8 Å². The van der Waals surface area contributed by atoms with E-state index in [-0.39, 0.29) is 12.0 Å². The monoisotopic (exact) mass is 503 g/mol. The van der Waals surface area contributed by atoms with Crippen LogP contribution in [-0.2, 0) is 4.74 Å². The van der Waals surface area contributed by atoms with Crippen LogP contribution in [0.5, 0.6) is 0 Å². The minimum atomic E-state index is -0.494. The number of hydrogen-bond donors (Lipinski definition) is 2. The van der Waals surface area contributed by atoms with Crippen molar-refractivity contribution in [1.82, 2.24) is 19.9 Å². The Balaban J connectivity index is 1.34. The fourth-order valence-corrected chi connectivity index (χ4v) is 5.09. The summed E-state index contributed by atoms with van der Waals surface area (Å²) in [5.41, 5.74) is 8.52. The van der Waals surface area contributed by atoms with Crippen molar-refractivity contribution in [2.24, 2.45) is 0 Å². The smallest absolute Gasteiger partial charge is 0.410 e. The maximum absolute atomic E-state index is 12.4. The van der Waals surface area contributed by atoms with E-state index in [9.17, 15) is 4.79 Å². The molecule has 3 N–H and O–H groups in total. The number of nitrogens with two attached hydrogens (primary N) is 1. The Hall–Kier alpha value is -3.62. The predicted octanol–water partition coefficient (Wildman–Crippen LogP) is 5.08. The summed E-state index contributed by atoms with van der Waals surface area (Å²) in [7, 11) is 0. The minimum absolute atomic E-state index is 0.259. The molecule has 1 aliphatic carbocycles. The summed E-state index contributed by atoms with van der Waals surface area (Å²) in [6.07, 6.45) is 7.68. The van der Waals surface area contributed by atoms with E-state index < -0.39 is 5.60 Å². The number of rotatable bonds is 4. The molecule has 0 atom stereocenters. The molecule has 37 heavy (non-hydrogen) atoms. The standard InChI is InChI=1S/C28H37N7O2/c1-28(2,3)37-27(36)35-15-13-34(14-16-35)24-18-20(11-12-30-24)19-9-10-23-22(17-19)25(33-26(29)32-23)31-21-7-5-4-6-8-21/h9-12,17-18,21H,4-8,13-16H2,1-3H3,(H3,29,31,32,33). The van der Waals surface area contributed by atoms with Crippen molar-refractivity contribution >= 4 is 34.6 Å². The number of carbonyl (C=O) groups is 1. The molecule has 0 bridgehead atoms. The first-order valence-electron chi connectivity index (χ1n) is 13.3. The van der Waals surface area contributed by atoms with Gasteiger partial charge in [-0.15, -0.1) is 0 Å². The molecule has 9 nitrogen and oxygen atoms in total. The molecule has 0 radical (unpaired) electrons. The van der Waals surface area contributed by atoms with Gasteiger partial charge in [0.15, 0.2) is 0 Å². The van der Waals surface area contributed by atoms with Crippen LogP contribution in [0.3, 0.4) is 0 Å². The summed E-state index contributed by atoms with van der Waals surface area (Å²) in [5, 5.41) is 4.61. The number of anilines is 3. The molecule has 0 unspecified atom stereocenters. The second kappa shape index (κ2) is 10.4. The van der Waals surface area contributed by atoms with Crippen LogP contribution >= 0.6 is 0 Å². The van der Waals surface area contributed by atoms with Gasteiger partial charge in [0.05, 0.1) is 5.52 Å². The Kier molecular flexibility index (Phi) is 7.04. The van der Waals surface area contributed by atoms with Crippen molar-refractivity contribution in [3.8, 4) is 11.1 Å². The second-order valence-electron chi connectivity index (χ2n) is 11.0. The average Bonchev–Trinajstić information content (AvgIpc) is 2.88. The maximum atomic E-state index is 12.4. The fourth-order valence-electron chi connectivity index (χ4n) is 5.09. The van der Waals surface area contributed by atoms with E-state index in [0.717, 1.165) is 46.5 Å². The van der Waals surface area contributed by atoms with E-state index in [1.165, 1.54) is 19.3 Å². The Labute approximate surface area is 218 Å². The first-order valence-corrected chi connectivity index (χ1v) is 13.3. The van der Waals surface area contributed by atoms with Gasteiger partial charge in [-0.1, -0.05) is 25.3 Å². The minimum Gasteiger partial charge on any atom is -0.444 e. The van der Waals surface area contributed by atoms with Crippen LogP contribution < -0.4 is 16.0 Å². The van der Waals surface area contributed by atoms with Crippen LogP contribution in [0.25, 0.3) is 22.0 Å². The lowest BCUT2D eigenvalue weighted by molar-refractivity contribution is 0.0240. The molecule has 2 aliphatic rings. The molecule has 1 saturated heterocycles. The Morgan fingerprint density at radius 2 is 1.73 bits per heavy atom. The second-order valence-corrected chi connectivity index (χ2v) is 11.0. The molecule has 196 valence electrons. The topological polar surface area (TPSA) is 110 Å². The number of amides is 1. The number of carbonyl (C=O) groups excluding carboxylic acids is 1. The van der Waals surface area contributed by atoms with Crippen LogP contribution in [0.4, 0.5) is 22.4 Å². The van der Waals surface area contributed by atoms with Gasteiger partial charge in [-0.2, -0.15) is 4.98 Å². The lowest BCUT2D eigenvalue weighted by Gasteiger charge is -2.36. The van der Waals surface area contributed by atoms with Crippen molar-refractivity contribution in [1.29, 1.82) is 0 Å². The number of piperazine rings is 1. The molecule has 2 fully saturated rings. The Bertz CT molecular complexity index is 1260. The van der Waals surface area contributed by atoms with E-state index in [1.807, 2.05) is 39.1 Å². The fraction of sp³-hybridized carbons (Fsp3) is 0.500. The molecule has 5 rings (SSSR count). The van der Waals surface area contributed by atoms with Crippen LogP contribution in [0.1, 0.15) is 52.9 Å². The van der Waals surface area contributed by atoms with Crippen LogP contribution in [0.2, 0.25) is 0 Å². The van der Waals surface area contributed by atoms with Gasteiger partial charge in [0.25, 0.3) is 0 Å². The van der Waals surface area contributed by atoms with Crippen molar-refractivity contribution in [3.63, 3.8) is 0 Å². The highest BCUT2D eigenvalue weighted by atomic mass is 16.6. The van der Waals surface area contributed by atoms with E-state index in [1.54, 1.807) is 4.90 Å². The summed E-state index contributed by atoms with van der Waals surface area (Å²) in [5.74, 6) is 2.00. The maximum Gasteiger partial charge on any atom is 0.410 e. The first-order chi connectivity index (χ1) is 17.7. The van der Waals surface area contributed by atoms with Crippen molar-refractivity contribution in [2.45, 2.75) is 64.5 Å². The molecule has 1 amide bonds. The lowest BCUT2D eigenvalue weighted by Crippen LogP contribution is -2.50. The zero-order valence-corrected chi connectivity index (χ0v) is 22.0. The Morgan fingerprint density at radius 1 is 1.00 bits per heavy atom. The number of hydrogen-bond acceptors (Lipinski definition) is 8. The highest BCUT2D eigenvalue weighted by molar-refractivity contribution is 5.93. The third-order valence-electron chi connectivity index (χ3n) is 6.99. The quantitative estimate of drug-likeness (QED) is 0.508. The molecule has 3 aromatic rings. The SMILES string of the molecule is CC(C)(C)OC(=O)N1CCN(c2cc(-c3ccc4nc(N)nc(NC5CCCCC5)c4c3)ccn2)CC1. The van der Waals surface area contributed by atoms with Gasteiger partial charge >= 0.3 is 6.09 Å². The van der Waals surface area contributed by atoms with Gasteiger partial charge < -0.3 is 25.6 Å². The summed E-state index contributed by atoms with van der Waals surface area (Å²) < 4.78 is 5.52. The lowest BCUT2D eigenvalue weighted by atomic mass is 9.95. The third kappa shape index (κ3) is 6.03. The van der Waals surface area contributed by atoms with E-state index >= 15 is 0 Å². The number of ether oxygens (including phenoxy) is 1. The molecule has 2 aromatic heterocycles. The van der Waals surface area contributed by atoms with Gasteiger partial charge in [0.2, 0.25) is 5.95 Å². The van der Waals surface area contributed by atoms with Crippen molar-refractivity contribution in [2.75, 3.05) is 42.1 Å². The number of nitrogen functional groups attached to an aromatic ring is 1. The molecule has 1 aromatic carbocycles.